The van der Waals surface area contributed by atoms with E-state index in [0.717, 1.165) is 22.3 Å². The molecule has 1 aliphatic carbocycles. The van der Waals surface area contributed by atoms with Gasteiger partial charge in [0.25, 0.3) is 0 Å². The molecule has 1 N–H and O–H groups in total. The lowest BCUT2D eigenvalue weighted by Crippen LogP contribution is -2.00. The molecule has 0 aliphatic heterocycles. The van der Waals surface area contributed by atoms with Gasteiger partial charge in [0, 0.05) is 22.7 Å². The lowest BCUT2D eigenvalue weighted by molar-refractivity contribution is -0.138. The van der Waals surface area contributed by atoms with E-state index in [1.165, 1.54) is 0 Å². The van der Waals surface area contributed by atoms with Gasteiger partial charge in [0.15, 0.2) is 0 Å². The summed E-state index contributed by atoms with van der Waals surface area (Å²) in [5.74, 6) is 0.237. The molecule has 0 bridgehead atoms. The third-order valence-corrected chi connectivity index (χ3v) is 5.31. The van der Waals surface area contributed by atoms with E-state index in [0.29, 0.717) is 29.5 Å². The molecular weight excluding hydrogens is 390 g/mol. The highest BCUT2D eigenvalue weighted by molar-refractivity contribution is 6.30. The quantitative estimate of drug-likeness (QED) is 0.582. The van der Waals surface area contributed by atoms with Crippen molar-refractivity contribution < 1.29 is 19.4 Å². The predicted octanol–water partition coefficient (Wildman–Crippen LogP) is 5.18. The number of rotatable bonds is 7. The number of carbonyl (C=O) groups is 1. The molecule has 148 valence electrons. The third kappa shape index (κ3) is 4.35. The van der Waals surface area contributed by atoms with Gasteiger partial charge in [-0.25, -0.2) is 0 Å². The maximum Gasteiger partial charge on any atom is 0.307 e. The Morgan fingerprint density at radius 2 is 2.03 bits per heavy atom. The van der Waals surface area contributed by atoms with E-state index in [-0.39, 0.29) is 11.8 Å². The van der Waals surface area contributed by atoms with Gasteiger partial charge in [0.05, 0.1) is 19.2 Å². The van der Waals surface area contributed by atoms with Gasteiger partial charge in [-0.15, -0.1) is 0 Å². The van der Waals surface area contributed by atoms with Crippen LogP contribution in [0.15, 0.2) is 60.9 Å². The number of aliphatic carboxylic acids is 1. The Labute approximate surface area is 173 Å². The van der Waals surface area contributed by atoms with Crippen molar-refractivity contribution in [1.29, 1.82) is 0 Å². The number of halogens is 1. The van der Waals surface area contributed by atoms with Crippen LogP contribution in [0.4, 0.5) is 0 Å². The molecule has 0 spiro atoms. The number of methoxy groups -OCH3 is 1. The summed E-state index contributed by atoms with van der Waals surface area (Å²) in [4.78, 5) is 15.6. The standard InChI is InChI=1S/C23H20ClNO4/c1-28-22-6-5-15(9-20(22)19-10-21(19)23(26)27)16-8-18(12-25-11-16)29-13-14-3-2-4-17(24)7-14/h2-9,11-12,19,21H,10,13H2,1H3,(H,26,27). The molecular formula is C23H20ClNO4. The summed E-state index contributed by atoms with van der Waals surface area (Å²) in [7, 11) is 1.60. The normalized spacial score (nSPS) is 17.6. The van der Waals surface area contributed by atoms with Gasteiger partial charge in [0.1, 0.15) is 18.1 Å². The maximum absolute atomic E-state index is 11.3. The van der Waals surface area contributed by atoms with Gasteiger partial charge in [0.2, 0.25) is 0 Å². The van der Waals surface area contributed by atoms with Crippen molar-refractivity contribution in [1.82, 2.24) is 4.98 Å². The summed E-state index contributed by atoms with van der Waals surface area (Å²) < 4.78 is 11.3. The van der Waals surface area contributed by atoms with E-state index in [9.17, 15) is 9.90 Å². The minimum absolute atomic E-state index is 0.0161. The van der Waals surface area contributed by atoms with E-state index < -0.39 is 5.97 Å². The fourth-order valence-electron chi connectivity index (χ4n) is 3.46. The zero-order valence-corrected chi connectivity index (χ0v) is 16.6. The monoisotopic (exact) mass is 409 g/mol. The molecule has 0 saturated heterocycles. The molecule has 2 unspecified atom stereocenters. The van der Waals surface area contributed by atoms with Crippen molar-refractivity contribution in [3.63, 3.8) is 0 Å². The smallest absolute Gasteiger partial charge is 0.307 e. The van der Waals surface area contributed by atoms with Crippen LogP contribution >= 0.6 is 11.6 Å². The first-order chi connectivity index (χ1) is 14.0. The number of hydrogen-bond donors (Lipinski definition) is 1. The number of carboxylic acids is 1. The fraction of sp³-hybridized carbons (Fsp3) is 0.217. The summed E-state index contributed by atoms with van der Waals surface area (Å²) >= 11 is 6.02. The second-order valence-electron chi connectivity index (χ2n) is 7.07. The van der Waals surface area contributed by atoms with Crippen LogP contribution in [-0.2, 0) is 11.4 Å². The summed E-state index contributed by atoms with van der Waals surface area (Å²) in [6.07, 6.45) is 4.06. The first kappa shape index (κ1) is 19.3. The van der Waals surface area contributed by atoms with Crippen LogP contribution in [0.2, 0.25) is 5.02 Å². The molecule has 29 heavy (non-hydrogen) atoms. The zero-order chi connectivity index (χ0) is 20.4. The molecule has 3 aromatic rings. The SMILES string of the molecule is COc1ccc(-c2cncc(OCc3cccc(Cl)c3)c2)cc1C1CC1C(=O)O. The van der Waals surface area contributed by atoms with Gasteiger partial charge in [-0.05, 0) is 53.4 Å². The van der Waals surface area contributed by atoms with Gasteiger partial charge in [-0.3, -0.25) is 9.78 Å². The van der Waals surface area contributed by atoms with Crippen LogP contribution in [0.5, 0.6) is 11.5 Å². The highest BCUT2D eigenvalue weighted by Crippen LogP contribution is 2.51. The average Bonchev–Trinajstić information content (AvgIpc) is 3.53. The zero-order valence-electron chi connectivity index (χ0n) is 15.8. The highest BCUT2D eigenvalue weighted by Gasteiger charge is 2.45. The molecule has 0 radical (unpaired) electrons. The first-order valence-electron chi connectivity index (χ1n) is 9.28. The van der Waals surface area contributed by atoms with E-state index in [1.807, 2.05) is 48.5 Å². The van der Waals surface area contributed by atoms with Crippen molar-refractivity contribution in [2.75, 3.05) is 7.11 Å². The largest absolute Gasteiger partial charge is 0.496 e. The molecule has 1 fully saturated rings. The van der Waals surface area contributed by atoms with Gasteiger partial charge >= 0.3 is 5.97 Å². The molecule has 1 aromatic heterocycles. The van der Waals surface area contributed by atoms with E-state index >= 15 is 0 Å². The Hall–Kier alpha value is -3.05. The minimum atomic E-state index is -0.763. The van der Waals surface area contributed by atoms with Crippen LogP contribution < -0.4 is 9.47 Å². The van der Waals surface area contributed by atoms with Crippen LogP contribution in [0.25, 0.3) is 11.1 Å². The molecule has 2 aromatic carbocycles. The molecule has 4 rings (SSSR count). The Kier molecular flexibility index (Phi) is 5.41. The Bertz CT molecular complexity index is 1050. The van der Waals surface area contributed by atoms with Crippen molar-refractivity contribution >= 4 is 17.6 Å². The van der Waals surface area contributed by atoms with Crippen molar-refractivity contribution in [3.8, 4) is 22.6 Å². The third-order valence-electron chi connectivity index (χ3n) is 5.08. The Balaban J connectivity index is 1.55. The highest BCUT2D eigenvalue weighted by atomic mass is 35.5. The van der Waals surface area contributed by atoms with Crippen LogP contribution in [-0.4, -0.2) is 23.2 Å². The molecule has 0 amide bonds. The van der Waals surface area contributed by atoms with Crippen molar-refractivity contribution in [3.05, 3.63) is 77.1 Å². The molecule has 1 heterocycles. The van der Waals surface area contributed by atoms with Crippen molar-refractivity contribution in [2.45, 2.75) is 18.9 Å². The van der Waals surface area contributed by atoms with E-state index in [1.54, 1.807) is 19.5 Å². The number of nitrogens with zero attached hydrogens (tertiary/aromatic N) is 1. The minimum Gasteiger partial charge on any atom is -0.496 e. The number of benzene rings is 2. The molecule has 1 saturated carbocycles. The Morgan fingerprint density at radius 3 is 2.76 bits per heavy atom. The van der Waals surface area contributed by atoms with Crippen molar-refractivity contribution in [2.24, 2.45) is 5.92 Å². The predicted molar refractivity (Wildman–Crippen MR) is 110 cm³/mol. The number of hydrogen-bond acceptors (Lipinski definition) is 4. The Morgan fingerprint density at radius 1 is 1.17 bits per heavy atom. The summed E-state index contributed by atoms with van der Waals surface area (Å²) in [5, 5.41) is 9.94. The van der Waals surface area contributed by atoms with Gasteiger partial charge in [-0.1, -0.05) is 29.8 Å². The second-order valence-corrected chi connectivity index (χ2v) is 7.51. The maximum atomic E-state index is 11.3. The fourth-order valence-corrected chi connectivity index (χ4v) is 3.68. The molecule has 5 nitrogen and oxygen atoms in total. The lowest BCUT2D eigenvalue weighted by Gasteiger charge is -2.12. The second kappa shape index (κ2) is 8.13. The first-order valence-corrected chi connectivity index (χ1v) is 9.66. The average molecular weight is 410 g/mol. The topological polar surface area (TPSA) is 68.7 Å². The van der Waals surface area contributed by atoms with Crippen LogP contribution in [0.1, 0.15) is 23.5 Å². The number of pyridine rings is 1. The van der Waals surface area contributed by atoms with E-state index in [4.69, 9.17) is 21.1 Å². The van der Waals surface area contributed by atoms with Gasteiger partial charge in [-0.2, -0.15) is 0 Å². The molecule has 6 heteroatoms. The summed E-state index contributed by atoms with van der Waals surface area (Å²) in [5.41, 5.74) is 3.73. The summed E-state index contributed by atoms with van der Waals surface area (Å²) in [6, 6.07) is 15.3. The molecule has 2 atom stereocenters. The van der Waals surface area contributed by atoms with Gasteiger partial charge < -0.3 is 14.6 Å². The van der Waals surface area contributed by atoms with Crippen LogP contribution in [0, 0.1) is 5.92 Å². The lowest BCUT2D eigenvalue weighted by atomic mass is 10.0. The summed E-state index contributed by atoms with van der Waals surface area (Å²) in [6.45, 7) is 0.391. The van der Waals surface area contributed by atoms with E-state index in [2.05, 4.69) is 4.98 Å². The number of ether oxygens (including phenoxy) is 2. The van der Waals surface area contributed by atoms with Crippen LogP contribution in [0.3, 0.4) is 0 Å². The number of carboxylic acid groups (broad SMARTS) is 1. The molecule has 1 aliphatic rings. The number of aromatic nitrogens is 1.